The Morgan fingerprint density at radius 3 is 2.52 bits per heavy atom. The highest BCUT2D eigenvalue weighted by molar-refractivity contribution is 5.34. The highest BCUT2D eigenvalue weighted by atomic mass is 35.5. The summed E-state index contributed by atoms with van der Waals surface area (Å²) < 4.78 is 5.47. The average Bonchev–Trinajstić information content (AvgIpc) is 3.06. The summed E-state index contributed by atoms with van der Waals surface area (Å²) in [6.07, 6.45) is 4.92. The van der Waals surface area contributed by atoms with Crippen LogP contribution >= 0.6 is 0 Å². The number of hydrogen-bond acceptors (Lipinski definition) is 1. The molecule has 4 N–H and O–H groups in total. The quantitative estimate of drug-likeness (QED) is 0.482. The lowest BCUT2D eigenvalue weighted by Gasteiger charge is -2.28. The van der Waals surface area contributed by atoms with Crippen molar-refractivity contribution in [2.24, 2.45) is 0 Å². The highest BCUT2D eigenvalue weighted by Crippen LogP contribution is 2.35. The van der Waals surface area contributed by atoms with Gasteiger partial charge in [-0.2, -0.15) is 0 Å². The van der Waals surface area contributed by atoms with Crippen LogP contribution in [0.5, 0.6) is 5.75 Å². The average molecular weight is 411 g/mol. The number of rotatable bonds is 7. The van der Waals surface area contributed by atoms with E-state index < -0.39 is 0 Å². The number of benzene rings is 2. The Bertz CT molecular complexity index is 693. The van der Waals surface area contributed by atoms with Crippen LogP contribution in [0.4, 0.5) is 5.69 Å². The Balaban J connectivity index is 0.00000182. The normalized spacial score (nSPS) is 21.2. The number of quaternary nitrogens is 2. The smallest absolute Gasteiger partial charge is 0.127 e. The molecule has 1 fully saturated rings. The van der Waals surface area contributed by atoms with Crippen LogP contribution in [0, 0.1) is 0 Å². The van der Waals surface area contributed by atoms with Gasteiger partial charge in [0.1, 0.15) is 11.4 Å². The second-order valence-electron chi connectivity index (χ2n) is 7.51. The summed E-state index contributed by atoms with van der Waals surface area (Å²) in [6, 6.07) is 17.4. The standard InChI is InChI=1S/C22H30N2O.2ClH/c1-3-12-22(19-5-4-6-21(16-19)25-2)13-15-24(17-22)14-11-18-7-9-20(23)10-8-18;;/h4-10,16H,3,11-15,17,23H2,1-2H3;2*1H. The van der Waals surface area contributed by atoms with E-state index in [4.69, 9.17) is 4.74 Å². The lowest BCUT2D eigenvalue weighted by Crippen LogP contribution is -3.11. The molecule has 0 amide bonds. The minimum absolute atomic E-state index is 0. The number of likely N-dealkylation sites (tertiary alicyclic amines) is 1. The van der Waals surface area contributed by atoms with Gasteiger partial charge in [0, 0.05) is 18.3 Å². The number of nitrogens with one attached hydrogen (secondary N) is 1. The monoisotopic (exact) mass is 410 g/mol. The Kier molecular flexibility index (Phi) is 9.61. The van der Waals surface area contributed by atoms with Crippen molar-refractivity contribution in [1.29, 1.82) is 0 Å². The summed E-state index contributed by atoms with van der Waals surface area (Å²) in [5, 5.41) is 0. The topological polar surface area (TPSA) is 41.3 Å². The number of methoxy groups -OCH3 is 1. The molecule has 1 saturated heterocycles. The molecule has 0 aliphatic carbocycles. The molecule has 2 aromatic rings. The molecule has 2 unspecified atom stereocenters. The SMILES string of the molecule is CCCC1(c2cccc(OC)c2)CC[NH+](CCc2ccc([NH3+])cc2)C1.[Cl-].[Cl-]. The molecule has 1 aliphatic rings. The molecule has 5 heteroatoms. The summed E-state index contributed by atoms with van der Waals surface area (Å²) in [5.41, 5.74) is 8.27. The van der Waals surface area contributed by atoms with E-state index in [0.717, 1.165) is 17.9 Å². The lowest BCUT2D eigenvalue weighted by atomic mass is 9.76. The van der Waals surface area contributed by atoms with E-state index in [9.17, 15) is 0 Å². The van der Waals surface area contributed by atoms with Gasteiger partial charge in [0.2, 0.25) is 0 Å². The van der Waals surface area contributed by atoms with Gasteiger partial charge in [-0.05, 0) is 41.8 Å². The zero-order valence-electron chi connectivity index (χ0n) is 16.4. The molecular weight excluding hydrogens is 379 g/mol. The highest BCUT2D eigenvalue weighted by Gasteiger charge is 2.42. The van der Waals surface area contributed by atoms with Crippen LogP contribution in [-0.2, 0) is 11.8 Å². The predicted molar refractivity (Wildman–Crippen MR) is 102 cm³/mol. The maximum absolute atomic E-state index is 5.47. The van der Waals surface area contributed by atoms with Crippen LogP contribution in [0.15, 0.2) is 48.5 Å². The largest absolute Gasteiger partial charge is 1.00 e. The van der Waals surface area contributed by atoms with E-state index in [-0.39, 0.29) is 24.8 Å². The Labute approximate surface area is 176 Å². The predicted octanol–water partition coefficient (Wildman–Crippen LogP) is -3.85. The molecule has 0 radical (unpaired) electrons. The Morgan fingerprint density at radius 2 is 1.85 bits per heavy atom. The lowest BCUT2D eigenvalue weighted by molar-refractivity contribution is -0.889. The third kappa shape index (κ3) is 5.86. The van der Waals surface area contributed by atoms with Gasteiger partial charge >= 0.3 is 0 Å². The van der Waals surface area contributed by atoms with E-state index in [1.165, 1.54) is 50.0 Å². The van der Waals surface area contributed by atoms with Crippen LogP contribution < -0.4 is 40.2 Å². The summed E-state index contributed by atoms with van der Waals surface area (Å²) in [5.74, 6) is 0.981. The molecule has 1 aliphatic heterocycles. The molecule has 3 nitrogen and oxygen atoms in total. The van der Waals surface area contributed by atoms with Crippen molar-refractivity contribution < 1.29 is 40.2 Å². The molecule has 2 aromatic carbocycles. The van der Waals surface area contributed by atoms with E-state index in [0.29, 0.717) is 5.41 Å². The summed E-state index contributed by atoms with van der Waals surface area (Å²) in [4.78, 5) is 1.73. The van der Waals surface area contributed by atoms with Crippen LogP contribution in [0.3, 0.4) is 0 Å². The Hall–Kier alpha value is -1.26. The van der Waals surface area contributed by atoms with Gasteiger partial charge in [0.15, 0.2) is 0 Å². The molecule has 0 bridgehead atoms. The second-order valence-corrected chi connectivity index (χ2v) is 7.51. The van der Waals surface area contributed by atoms with Crippen LogP contribution in [-0.4, -0.2) is 26.7 Å². The molecule has 0 aromatic heterocycles. The maximum atomic E-state index is 5.47. The molecule has 3 rings (SSSR count). The summed E-state index contributed by atoms with van der Waals surface area (Å²) >= 11 is 0. The summed E-state index contributed by atoms with van der Waals surface area (Å²) in [7, 11) is 1.76. The van der Waals surface area contributed by atoms with E-state index in [1.807, 2.05) is 0 Å². The number of ether oxygens (including phenoxy) is 1. The second kappa shape index (κ2) is 10.9. The first kappa shape index (κ1) is 23.8. The van der Waals surface area contributed by atoms with Gasteiger partial charge < -0.3 is 40.2 Å². The fourth-order valence-electron chi connectivity index (χ4n) is 4.35. The minimum Gasteiger partial charge on any atom is -1.00 e. The molecular formula is C22H32Cl2N2O. The first-order chi connectivity index (χ1) is 12.1. The zero-order valence-corrected chi connectivity index (χ0v) is 18.0. The van der Waals surface area contributed by atoms with E-state index in [2.05, 4.69) is 61.2 Å². The van der Waals surface area contributed by atoms with E-state index in [1.54, 1.807) is 12.0 Å². The van der Waals surface area contributed by atoms with Gasteiger partial charge in [0.25, 0.3) is 0 Å². The first-order valence-electron chi connectivity index (χ1n) is 9.54. The van der Waals surface area contributed by atoms with Crippen LogP contribution in [0.25, 0.3) is 0 Å². The molecule has 0 saturated carbocycles. The fraction of sp³-hybridized carbons (Fsp3) is 0.455. The third-order valence-electron chi connectivity index (χ3n) is 5.75. The minimum atomic E-state index is 0. The van der Waals surface area contributed by atoms with Crippen LogP contribution in [0.2, 0.25) is 0 Å². The van der Waals surface area contributed by atoms with Crippen molar-refractivity contribution in [2.45, 2.75) is 38.0 Å². The molecule has 1 heterocycles. The van der Waals surface area contributed by atoms with Gasteiger partial charge in [-0.15, -0.1) is 0 Å². The van der Waals surface area contributed by atoms with Crippen molar-refractivity contribution in [3.63, 3.8) is 0 Å². The number of halogens is 2. The first-order valence-corrected chi connectivity index (χ1v) is 9.54. The zero-order chi connectivity index (χ0) is 17.7. The molecule has 0 spiro atoms. The van der Waals surface area contributed by atoms with Gasteiger partial charge in [0.05, 0.1) is 26.7 Å². The molecule has 150 valence electrons. The number of hydrogen-bond donors (Lipinski definition) is 2. The Morgan fingerprint density at radius 1 is 1.11 bits per heavy atom. The fourth-order valence-corrected chi connectivity index (χ4v) is 4.35. The van der Waals surface area contributed by atoms with Crippen molar-refractivity contribution in [1.82, 2.24) is 0 Å². The summed E-state index contributed by atoms with van der Waals surface area (Å²) in [6.45, 7) is 6.03. The van der Waals surface area contributed by atoms with Crippen LogP contribution in [0.1, 0.15) is 37.3 Å². The van der Waals surface area contributed by atoms with E-state index >= 15 is 0 Å². The van der Waals surface area contributed by atoms with Crippen molar-refractivity contribution >= 4 is 5.69 Å². The van der Waals surface area contributed by atoms with Crippen molar-refractivity contribution in [3.05, 3.63) is 59.7 Å². The van der Waals surface area contributed by atoms with Gasteiger partial charge in [-0.3, -0.25) is 0 Å². The van der Waals surface area contributed by atoms with Gasteiger partial charge in [-0.25, -0.2) is 0 Å². The molecule has 2 atom stereocenters. The maximum Gasteiger partial charge on any atom is 0.127 e. The molecule has 27 heavy (non-hydrogen) atoms. The van der Waals surface area contributed by atoms with Gasteiger partial charge in [-0.1, -0.05) is 37.6 Å². The van der Waals surface area contributed by atoms with Crippen molar-refractivity contribution in [3.8, 4) is 5.75 Å². The van der Waals surface area contributed by atoms with Crippen molar-refractivity contribution in [2.75, 3.05) is 26.7 Å². The third-order valence-corrected chi connectivity index (χ3v) is 5.75.